The molecule has 0 spiro atoms. The summed E-state index contributed by atoms with van der Waals surface area (Å²) < 4.78 is 5.17. The molecule has 1 aromatic carbocycles. The number of rotatable bonds is 8. The van der Waals surface area contributed by atoms with Crippen LogP contribution in [0.5, 0.6) is 0 Å². The normalized spacial score (nSPS) is 17.5. The van der Waals surface area contributed by atoms with Crippen molar-refractivity contribution in [2.75, 3.05) is 26.2 Å². The molecule has 1 saturated heterocycles. The highest BCUT2D eigenvalue weighted by atomic mass is 16.5. The van der Waals surface area contributed by atoms with Crippen LogP contribution in [-0.2, 0) is 14.3 Å². The van der Waals surface area contributed by atoms with Gasteiger partial charge in [0, 0.05) is 13.0 Å². The third-order valence-corrected chi connectivity index (χ3v) is 4.97. The van der Waals surface area contributed by atoms with E-state index < -0.39 is 5.92 Å². The predicted octanol–water partition coefficient (Wildman–Crippen LogP) is 2.48. The van der Waals surface area contributed by atoms with Gasteiger partial charge in [-0.3, -0.25) is 9.59 Å². The molecule has 1 aromatic rings. The van der Waals surface area contributed by atoms with Gasteiger partial charge in [0.2, 0.25) is 5.91 Å². The summed E-state index contributed by atoms with van der Waals surface area (Å²) in [6, 6.07) is 9.48. The zero-order valence-electron chi connectivity index (χ0n) is 15.3. The molecular weight excluding hydrogens is 316 g/mol. The Morgan fingerprint density at radius 2 is 1.92 bits per heavy atom. The predicted molar refractivity (Wildman–Crippen MR) is 98.2 cm³/mol. The summed E-state index contributed by atoms with van der Waals surface area (Å²) in [6.07, 6.45) is 2.77. The van der Waals surface area contributed by atoms with E-state index in [1.54, 1.807) is 6.92 Å². The molecule has 25 heavy (non-hydrogen) atoms. The van der Waals surface area contributed by atoms with Crippen LogP contribution in [0.3, 0.4) is 0 Å². The van der Waals surface area contributed by atoms with E-state index in [0.29, 0.717) is 24.9 Å². The molecule has 2 unspecified atom stereocenters. The van der Waals surface area contributed by atoms with Crippen LogP contribution in [0.2, 0.25) is 0 Å². The average Bonchev–Trinajstić information content (AvgIpc) is 2.63. The zero-order valence-corrected chi connectivity index (χ0v) is 15.3. The van der Waals surface area contributed by atoms with Gasteiger partial charge < -0.3 is 15.4 Å². The SMILES string of the molecule is CCOC(=O)C(CNC(=O)CC(C)C1CCNCC1)c1ccccc1. The van der Waals surface area contributed by atoms with Gasteiger partial charge in [-0.1, -0.05) is 37.3 Å². The first-order valence-electron chi connectivity index (χ1n) is 9.30. The zero-order chi connectivity index (χ0) is 18.1. The number of ether oxygens (including phenoxy) is 1. The third kappa shape index (κ3) is 6.16. The minimum atomic E-state index is -0.459. The quantitative estimate of drug-likeness (QED) is 0.710. The Kier molecular flexibility index (Phi) is 7.92. The van der Waals surface area contributed by atoms with E-state index in [-0.39, 0.29) is 18.4 Å². The standard InChI is InChI=1S/C20H30N2O3/c1-3-25-20(24)18(17-7-5-4-6-8-17)14-22-19(23)13-15(2)16-9-11-21-12-10-16/h4-8,15-16,18,21H,3,9-14H2,1-2H3,(H,22,23). The van der Waals surface area contributed by atoms with Gasteiger partial charge in [-0.05, 0) is 50.3 Å². The molecule has 1 aliphatic rings. The molecule has 2 atom stereocenters. The first kappa shape index (κ1) is 19.4. The lowest BCUT2D eigenvalue weighted by Gasteiger charge is -2.28. The van der Waals surface area contributed by atoms with Gasteiger partial charge in [0.25, 0.3) is 0 Å². The smallest absolute Gasteiger partial charge is 0.315 e. The number of hydrogen-bond donors (Lipinski definition) is 2. The van der Waals surface area contributed by atoms with Gasteiger partial charge in [0.05, 0.1) is 12.5 Å². The van der Waals surface area contributed by atoms with Crippen LogP contribution in [0.4, 0.5) is 0 Å². The van der Waals surface area contributed by atoms with Gasteiger partial charge in [0.15, 0.2) is 0 Å². The largest absolute Gasteiger partial charge is 0.465 e. The van der Waals surface area contributed by atoms with E-state index in [2.05, 4.69) is 17.6 Å². The van der Waals surface area contributed by atoms with E-state index in [4.69, 9.17) is 4.74 Å². The van der Waals surface area contributed by atoms with Gasteiger partial charge in [-0.15, -0.1) is 0 Å². The first-order chi connectivity index (χ1) is 12.1. The maximum atomic E-state index is 12.3. The fourth-order valence-electron chi connectivity index (χ4n) is 3.43. The molecule has 0 radical (unpaired) electrons. The Labute approximate surface area is 150 Å². The molecule has 1 aliphatic heterocycles. The molecule has 2 rings (SSSR count). The minimum Gasteiger partial charge on any atom is -0.465 e. The van der Waals surface area contributed by atoms with Gasteiger partial charge in [0.1, 0.15) is 0 Å². The molecule has 2 N–H and O–H groups in total. The number of benzene rings is 1. The minimum absolute atomic E-state index is 0.0104. The van der Waals surface area contributed by atoms with Crippen molar-refractivity contribution in [3.8, 4) is 0 Å². The molecule has 5 nitrogen and oxygen atoms in total. The second-order valence-electron chi connectivity index (χ2n) is 6.79. The van der Waals surface area contributed by atoms with E-state index in [1.807, 2.05) is 30.3 Å². The molecule has 0 aliphatic carbocycles. The van der Waals surface area contributed by atoms with Crippen molar-refractivity contribution in [1.82, 2.24) is 10.6 Å². The lowest BCUT2D eigenvalue weighted by Crippen LogP contribution is -2.36. The Hall–Kier alpha value is -1.88. The highest BCUT2D eigenvalue weighted by molar-refractivity contribution is 5.81. The average molecular weight is 346 g/mol. The summed E-state index contributed by atoms with van der Waals surface area (Å²) >= 11 is 0. The van der Waals surface area contributed by atoms with Gasteiger partial charge in [-0.2, -0.15) is 0 Å². The molecular formula is C20H30N2O3. The van der Waals surface area contributed by atoms with Crippen molar-refractivity contribution < 1.29 is 14.3 Å². The van der Waals surface area contributed by atoms with Crippen LogP contribution in [0, 0.1) is 11.8 Å². The monoisotopic (exact) mass is 346 g/mol. The number of amides is 1. The van der Waals surface area contributed by atoms with Crippen LogP contribution in [0.25, 0.3) is 0 Å². The van der Waals surface area contributed by atoms with Crippen molar-refractivity contribution in [3.05, 3.63) is 35.9 Å². The van der Waals surface area contributed by atoms with E-state index >= 15 is 0 Å². The molecule has 1 amide bonds. The summed E-state index contributed by atoms with van der Waals surface area (Å²) in [4.78, 5) is 24.6. The second kappa shape index (κ2) is 10.2. The van der Waals surface area contributed by atoms with Crippen LogP contribution in [0.15, 0.2) is 30.3 Å². The molecule has 0 bridgehead atoms. The lowest BCUT2D eigenvalue weighted by molar-refractivity contribution is -0.144. The Balaban J connectivity index is 1.88. The Morgan fingerprint density at radius 1 is 1.24 bits per heavy atom. The van der Waals surface area contributed by atoms with E-state index in [0.717, 1.165) is 31.5 Å². The number of carbonyl (C=O) groups excluding carboxylic acids is 2. The Bertz CT molecular complexity index is 541. The first-order valence-corrected chi connectivity index (χ1v) is 9.30. The highest BCUT2D eigenvalue weighted by Crippen LogP contribution is 2.24. The molecule has 1 heterocycles. The number of hydrogen-bond acceptors (Lipinski definition) is 4. The van der Waals surface area contributed by atoms with Crippen LogP contribution in [0.1, 0.15) is 44.6 Å². The van der Waals surface area contributed by atoms with Gasteiger partial charge in [-0.25, -0.2) is 0 Å². The Morgan fingerprint density at radius 3 is 2.56 bits per heavy atom. The third-order valence-electron chi connectivity index (χ3n) is 4.97. The topological polar surface area (TPSA) is 67.4 Å². The maximum Gasteiger partial charge on any atom is 0.315 e. The van der Waals surface area contributed by atoms with Crippen molar-refractivity contribution in [3.63, 3.8) is 0 Å². The highest BCUT2D eigenvalue weighted by Gasteiger charge is 2.25. The number of esters is 1. The van der Waals surface area contributed by atoms with Crippen molar-refractivity contribution >= 4 is 11.9 Å². The molecule has 0 saturated carbocycles. The van der Waals surface area contributed by atoms with Crippen LogP contribution in [-0.4, -0.2) is 38.1 Å². The lowest BCUT2D eigenvalue weighted by atomic mass is 9.84. The summed E-state index contributed by atoms with van der Waals surface area (Å²) in [6.45, 7) is 6.63. The summed E-state index contributed by atoms with van der Waals surface area (Å²) in [5.41, 5.74) is 0.868. The van der Waals surface area contributed by atoms with Crippen LogP contribution >= 0.6 is 0 Å². The summed E-state index contributed by atoms with van der Waals surface area (Å²) in [7, 11) is 0. The summed E-state index contributed by atoms with van der Waals surface area (Å²) in [5, 5.41) is 6.29. The number of piperidine rings is 1. The van der Waals surface area contributed by atoms with Gasteiger partial charge >= 0.3 is 5.97 Å². The maximum absolute atomic E-state index is 12.3. The molecule has 5 heteroatoms. The molecule has 0 aromatic heterocycles. The van der Waals surface area contributed by atoms with E-state index in [9.17, 15) is 9.59 Å². The number of nitrogens with one attached hydrogen (secondary N) is 2. The fourth-order valence-corrected chi connectivity index (χ4v) is 3.43. The van der Waals surface area contributed by atoms with E-state index in [1.165, 1.54) is 0 Å². The van der Waals surface area contributed by atoms with Crippen molar-refractivity contribution in [2.45, 2.75) is 39.0 Å². The molecule has 138 valence electrons. The summed E-state index contributed by atoms with van der Waals surface area (Å²) in [5.74, 6) is 0.220. The van der Waals surface area contributed by atoms with Crippen molar-refractivity contribution in [1.29, 1.82) is 0 Å². The fraction of sp³-hybridized carbons (Fsp3) is 0.600. The second-order valence-corrected chi connectivity index (χ2v) is 6.79. The van der Waals surface area contributed by atoms with Crippen molar-refractivity contribution in [2.24, 2.45) is 11.8 Å². The molecule has 1 fully saturated rings. The number of carbonyl (C=O) groups is 2. The van der Waals surface area contributed by atoms with Crippen LogP contribution < -0.4 is 10.6 Å².